The number of amides is 1. The van der Waals surface area contributed by atoms with Crippen LogP contribution in [0.15, 0.2) is 0 Å². The zero-order valence-electron chi connectivity index (χ0n) is 9.55. The zero-order chi connectivity index (χ0) is 10.9. The second-order valence-electron chi connectivity index (χ2n) is 4.07. The second kappa shape index (κ2) is 7.99. The van der Waals surface area contributed by atoms with Crippen molar-refractivity contribution in [2.75, 3.05) is 25.1 Å². The summed E-state index contributed by atoms with van der Waals surface area (Å²) in [7, 11) is 0. The van der Waals surface area contributed by atoms with E-state index in [0.717, 1.165) is 25.1 Å². The van der Waals surface area contributed by atoms with Gasteiger partial charge in [0, 0.05) is 18.3 Å². The van der Waals surface area contributed by atoms with Crippen LogP contribution in [0.2, 0.25) is 0 Å². The third-order valence-electron chi connectivity index (χ3n) is 2.74. The van der Waals surface area contributed by atoms with Crippen molar-refractivity contribution in [1.29, 1.82) is 0 Å². The first kappa shape index (κ1) is 12.8. The molecule has 1 amide bonds. The minimum atomic E-state index is 0.156. The molecule has 0 aliphatic heterocycles. The van der Waals surface area contributed by atoms with Crippen LogP contribution in [0.3, 0.4) is 0 Å². The van der Waals surface area contributed by atoms with Gasteiger partial charge in [-0.3, -0.25) is 4.79 Å². The number of hydrogen-bond donors (Lipinski definition) is 2. The van der Waals surface area contributed by atoms with Gasteiger partial charge in [-0.2, -0.15) is 11.8 Å². The first-order chi connectivity index (χ1) is 7.33. The highest BCUT2D eigenvalue weighted by Gasteiger charge is 2.14. The predicted octanol–water partition coefficient (Wildman–Crippen LogP) is 1.39. The molecule has 0 aromatic rings. The number of nitrogens with one attached hydrogen (secondary N) is 2. The summed E-state index contributed by atoms with van der Waals surface area (Å²) in [5, 5.41) is 6.23. The Labute approximate surface area is 96.8 Å². The Hall–Kier alpha value is -0.220. The Morgan fingerprint density at radius 1 is 1.33 bits per heavy atom. The van der Waals surface area contributed by atoms with Gasteiger partial charge in [-0.05, 0) is 19.1 Å². The summed E-state index contributed by atoms with van der Waals surface area (Å²) in [6.07, 6.45) is 8.27. The molecule has 0 aromatic carbocycles. The number of thioether (sulfide) groups is 1. The van der Waals surface area contributed by atoms with Gasteiger partial charge in [-0.1, -0.05) is 19.3 Å². The molecular weight excluding hydrogens is 208 g/mol. The molecule has 1 saturated carbocycles. The summed E-state index contributed by atoms with van der Waals surface area (Å²) in [5.41, 5.74) is 0. The summed E-state index contributed by atoms with van der Waals surface area (Å²) in [6, 6.07) is 0.439. The molecule has 1 rings (SSSR count). The maximum atomic E-state index is 11.5. The Kier molecular flexibility index (Phi) is 6.85. The highest BCUT2D eigenvalue weighted by Crippen LogP contribution is 2.16. The molecule has 0 aromatic heterocycles. The molecule has 2 N–H and O–H groups in total. The van der Waals surface area contributed by atoms with E-state index in [1.807, 2.05) is 0 Å². The van der Waals surface area contributed by atoms with Gasteiger partial charge in [0.2, 0.25) is 5.91 Å². The van der Waals surface area contributed by atoms with Gasteiger partial charge in [0.25, 0.3) is 0 Å². The van der Waals surface area contributed by atoms with E-state index >= 15 is 0 Å². The third kappa shape index (κ3) is 6.05. The van der Waals surface area contributed by atoms with Gasteiger partial charge in [0.05, 0.1) is 6.54 Å². The number of carbonyl (C=O) groups is 1. The first-order valence-corrected chi connectivity index (χ1v) is 7.21. The second-order valence-corrected chi connectivity index (χ2v) is 5.06. The van der Waals surface area contributed by atoms with E-state index in [4.69, 9.17) is 0 Å². The molecule has 4 heteroatoms. The average molecular weight is 230 g/mol. The maximum Gasteiger partial charge on any atom is 0.234 e. The fraction of sp³-hybridized carbons (Fsp3) is 0.909. The van der Waals surface area contributed by atoms with E-state index in [9.17, 15) is 4.79 Å². The molecule has 88 valence electrons. The Bertz CT molecular complexity index is 181. The molecule has 1 aliphatic carbocycles. The smallest absolute Gasteiger partial charge is 0.234 e. The van der Waals surface area contributed by atoms with Crippen LogP contribution in [0, 0.1) is 0 Å². The SMILES string of the molecule is CSCCNCC(=O)NC1CCCCC1. The normalized spacial score (nSPS) is 17.7. The van der Waals surface area contributed by atoms with Gasteiger partial charge in [0.15, 0.2) is 0 Å². The summed E-state index contributed by atoms with van der Waals surface area (Å²) in [6.45, 7) is 1.39. The number of rotatable bonds is 6. The minimum Gasteiger partial charge on any atom is -0.352 e. The van der Waals surface area contributed by atoms with Gasteiger partial charge < -0.3 is 10.6 Å². The fourth-order valence-corrected chi connectivity index (χ4v) is 2.25. The molecular formula is C11H22N2OS. The van der Waals surface area contributed by atoms with E-state index in [2.05, 4.69) is 16.9 Å². The summed E-state index contributed by atoms with van der Waals surface area (Å²) in [4.78, 5) is 11.5. The van der Waals surface area contributed by atoms with Crippen molar-refractivity contribution in [1.82, 2.24) is 10.6 Å². The topological polar surface area (TPSA) is 41.1 Å². The molecule has 0 unspecified atom stereocenters. The standard InChI is InChI=1S/C11H22N2OS/c1-15-8-7-12-9-11(14)13-10-5-3-2-4-6-10/h10,12H,2-9H2,1H3,(H,13,14). The molecule has 1 aliphatic rings. The van der Waals surface area contributed by atoms with Crippen LogP contribution in [0.4, 0.5) is 0 Å². The first-order valence-electron chi connectivity index (χ1n) is 5.82. The van der Waals surface area contributed by atoms with Crippen LogP contribution in [-0.4, -0.2) is 37.0 Å². The van der Waals surface area contributed by atoms with E-state index in [1.165, 1.54) is 19.3 Å². The average Bonchev–Trinajstić information content (AvgIpc) is 2.26. The van der Waals surface area contributed by atoms with Gasteiger partial charge in [-0.15, -0.1) is 0 Å². The molecule has 0 saturated heterocycles. The van der Waals surface area contributed by atoms with Crippen LogP contribution in [-0.2, 0) is 4.79 Å². The lowest BCUT2D eigenvalue weighted by molar-refractivity contribution is -0.121. The van der Waals surface area contributed by atoms with Crippen LogP contribution >= 0.6 is 11.8 Å². The highest BCUT2D eigenvalue weighted by atomic mass is 32.2. The van der Waals surface area contributed by atoms with Crippen molar-refractivity contribution in [3.05, 3.63) is 0 Å². The van der Waals surface area contributed by atoms with Crippen molar-refractivity contribution < 1.29 is 4.79 Å². The molecule has 0 bridgehead atoms. The molecule has 15 heavy (non-hydrogen) atoms. The van der Waals surface area contributed by atoms with Gasteiger partial charge >= 0.3 is 0 Å². The predicted molar refractivity (Wildman–Crippen MR) is 66.3 cm³/mol. The Morgan fingerprint density at radius 2 is 2.07 bits per heavy atom. The number of hydrogen-bond acceptors (Lipinski definition) is 3. The van der Waals surface area contributed by atoms with Crippen LogP contribution < -0.4 is 10.6 Å². The van der Waals surface area contributed by atoms with Crippen molar-refractivity contribution >= 4 is 17.7 Å². The molecule has 0 atom stereocenters. The zero-order valence-corrected chi connectivity index (χ0v) is 10.4. The van der Waals surface area contributed by atoms with Crippen molar-refractivity contribution in [2.45, 2.75) is 38.1 Å². The molecule has 0 radical (unpaired) electrons. The van der Waals surface area contributed by atoms with Gasteiger partial charge in [0.1, 0.15) is 0 Å². The Morgan fingerprint density at radius 3 is 2.73 bits per heavy atom. The van der Waals surface area contributed by atoms with E-state index in [0.29, 0.717) is 12.6 Å². The lowest BCUT2D eigenvalue weighted by atomic mass is 9.95. The quantitative estimate of drug-likeness (QED) is 0.678. The van der Waals surface area contributed by atoms with E-state index in [1.54, 1.807) is 11.8 Å². The Balaban J connectivity index is 2.01. The third-order valence-corrected chi connectivity index (χ3v) is 3.35. The monoisotopic (exact) mass is 230 g/mol. The van der Waals surface area contributed by atoms with Crippen molar-refractivity contribution in [2.24, 2.45) is 0 Å². The van der Waals surface area contributed by atoms with E-state index in [-0.39, 0.29) is 5.91 Å². The maximum absolute atomic E-state index is 11.5. The largest absolute Gasteiger partial charge is 0.352 e. The summed E-state index contributed by atoms with van der Waals surface area (Å²) < 4.78 is 0. The lowest BCUT2D eigenvalue weighted by Crippen LogP contribution is -2.41. The highest BCUT2D eigenvalue weighted by molar-refractivity contribution is 7.98. The lowest BCUT2D eigenvalue weighted by Gasteiger charge is -2.22. The van der Waals surface area contributed by atoms with Crippen molar-refractivity contribution in [3.63, 3.8) is 0 Å². The molecule has 3 nitrogen and oxygen atoms in total. The number of carbonyl (C=O) groups excluding carboxylic acids is 1. The van der Waals surface area contributed by atoms with Crippen molar-refractivity contribution in [3.8, 4) is 0 Å². The van der Waals surface area contributed by atoms with Crippen LogP contribution in [0.1, 0.15) is 32.1 Å². The van der Waals surface area contributed by atoms with Gasteiger partial charge in [-0.25, -0.2) is 0 Å². The molecule has 0 spiro atoms. The van der Waals surface area contributed by atoms with E-state index < -0.39 is 0 Å². The van der Waals surface area contributed by atoms with Crippen LogP contribution in [0.5, 0.6) is 0 Å². The van der Waals surface area contributed by atoms with Crippen LogP contribution in [0.25, 0.3) is 0 Å². The fourth-order valence-electron chi connectivity index (χ4n) is 1.90. The summed E-state index contributed by atoms with van der Waals surface area (Å²) in [5.74, 6) is 1.22. The minimum absolute atomic E-state index is 0.156. The molecule has 0 heterocycles. The molecule has 1 fully saturated rings. The summed E-state index contributed by atoms with van der Waals surface area (Å²) >= 11 is 1.79.